The molecule has 0 saturated carbocycles. The molecule has 33 heavy (non-hydrogen) atoms. The van der Waals surface area contributed by atoms with Crippen LogP contribution in [0.5, 0.6) is 11.5 Å². The highest BCUT2D eigenvalue weighted by Gasteiger charge is 2.33. The summed E-state index contributed by atoms with van der Waals surface area (Å²) < 4.78 is 12.4. The number of amides is 1. The van der Waals surface area contributed by atoms with Gasteiger partial charge in [-0.2, -0.15) is 10.1 Å². The molecule has 0 unspecified atom stereocenters. The highest BCUT2D eigenvalue weighted by molar-refractivity contribution is 6.32. The summed E-state index contributed by atoms with van der Waals surface area (Å²) in [4.78, 5) is 17.9. The number of carbonyl (C=O) groups is 1. The molecule has 1 atom stereocenters. The summed E-state index contributed by atoms with van der Waals surface area (Å²) in [5.41, 5.74) is 3.79. The molecule has 0 fully saturated rings. The molecule has 172 valence electrons. The van der Waals surface area contributed by atoms with Crippen LogP contribution in [0.2, 0.25) is 5.02 Å². The molecule has 8 nitrogen and oxygen atoms in total. The molecule has 0 spiro atoms. The summed E-state index contributed by atoms with van der Waals surface area (Å²) in [6, 6.07) is 11.0. The second kappa shape index (κ2) is 9.15. The van der Waals surface area contributed by atoms with E-state index in [1.54, 1.807) is 16.8 Å². The van der Waals surface area contributed by atoms with Gasteiger partial charge in [0.2, 0.25) is 5.95 Å². The number of halogens is 1. The van der Waals surface area contributed by atoms with E-state index in [0.717, 1.165) is 5.56 Å². The smallest absolute Gasteiger partial charge is 0.255 e. The molecule has 0 bridgehead atoms. The summed E-state index contributed by atoms with van der Waals surface area (Å²) in [7, 11) is 3.03. The molecular weight excluding hydrogens is 442 g/mol. The Morgan fingerprint density at radius 2 is 1.85 bits per heavy atom. The number of anilines is 2. The Morgan fingerprint density at radius 3 is 2.48 bits per heavy atom. The van der Waals surface area contributed by atoms with E-state index in [1.807, 2.05) is 19.1 Å². The van der Waals surface area contributed by atoms with Crippen LogP contribution < -0.4 is 20.1 Å². The molecule has 9 heteroatoms. The molecular formula is C24H26ClN5O3. The van der Waals surface area contributed by atoms with Crippen LogP contribution in [-0.2, 0) is 4.79 Å². The fraction of sp³-hybridized carbons (Fsp3) is 0.292. The van der Waals surface area contributed by atoms with E-state index in [4.69, 9.17) is 21.1 Å². The second-order valence-corrected chi connectivity index (χ2v) is 8.46. The predicted molar refractivity (Wildman–Crippen MR) is 128 cm³/mol. The average molecular weight is 468 g/mol. The number of hydrogen-bond donors (Lipinski definition) is 2. The molecule has 2 heterocycles. The molecule has 1 aliphatic rings. The molecule has 2 N–H and O–H groups in total. The Bertz CT molecular complexity index is 1220. The van der Waals surface area contributed by atoms with Crippen LogP contribution in [0, 0.1) is 0 Å². The maximum atomic E-state index is 13.6. The number of hydrogen-bond acceptors (Lipinski definition) is 6. The summed E-state index contributed by atoms with van der Waals surface area (Å²) >= 11 is 6.21. The van der Waals surface area contributed by atoms with Gasteiger partial charge in [-0.05, 0) is 24.0 Å². The number of aromatic nitrogens is 3. The molecule has 3 aromatic rings. The van der Waals surface area contributed by atoms with Crippen LogP contribution >= 0.6 is 11.6 Å². The minimum absolute atomic E-state index is 0.304. The zero-order valence-electron chi connectivity index (χ0n) is 19.1. The lowest BCUT2D eigenvalue weighted by atomic mass is 9.92. The fourth-order valence-corrected chi connectivity index (χ4v) is 4.14. The van der Waals surface area contributed by atoms with E-state index < -0.39 is 6.04 Å². The van der Waals surface area contributed by atoms with Crippen molar-refractivity contribution in [1.29, 1.82) is 0 Å². The first-order chi connectivity index (χ1) is 15.8. The summed E-state index contributed by atoms with van der Waals surface area (Å²) in [5, 5.41) is 10.9. The first-order valence-corrected chi connectivity index (χ1v) is 10.9. The van der Waals surface area contributed by atoms with E-state index >= 15 is 0 Å². The van der Waals surface area contributed by atoms with Crippen molar-refractivity contribution in [2.24, 2.45) is 0 Å². The standard InChI is InChI=1S/C24H26ClN5O3/c1-13(2)15-6-8-16(9-7-15)22-21(14(3)28-24-26-12-27-30(22)24)23(31)29-18-11-19(32-4)17(25)10-20(18)33-5/h6-13,22H,1-5H3,(H,29,31)(H,26,27,28)/t22-/m0/s1. The number of nitrogens with one attached hydrogen (secondary N) is 2. The summed E-state index contributed by atoms with van der Waals surface area (Å²) in [5.74, 6) is 1.53. The van der Waals surface area contributed by atoms with Gasteiger partial charge in [0.05, 0.1) is 30.5 Å². The van der Waals surface area contributed by atoms with Gasteiger partial charge in [0.1, 0.15) is 23.9 Å². The molecule has 4 rings (SSSR count). The Morgan fingerprint density at radius 1 is 1.15 bits per heavy atom. The highest BCUT2D eigenvalue weighted by Crippen LogP contribution is 2.39. The van der Waals surface area contributed by atoms with Crippen molar-refractivity contribution in [2.75, 3.05) is 24.9 Å². The van der Waals surface area contributed by atoms with Crippen molar-refractivity contribution < 1.29 is 14.3 Å². The number of methoxy groups -OCH3 is 2. The Hall–Kier alpha value is -3.52. The summed E-state index contributed by atoms with van der Waals surface area (Å²) in [6.45, 7) is 6.14. The van der Waals surface area contributed by atoms with Crippen LogP contribution in [0.4, 0.5) is 11.6 Å². The Kier molecular flexibility index (Phi) is 6.29. The zero-order valence-corrected chi connectivity index (χ0v) is 19.9. The fourth-order valence-electron chi connectivity index (χ4n) is 3.90. The van der Waals surface area contributed by atoms with Gasteiger partial charge in [0.15, 0.2) is 0 Å². The Balaban J connectivity index is 1.75. The maximum absolute atomic E-state index is 13.6. The number of benzene rings is 2. The van der Waals surface area contributed by atoms with Crippen molar-refractivity contribution in [2.45, 2.75) is 32.7 Å². The number of nitrogens with zero attached hydrogens (tertiary/aromatic N) is 3. The molecule has 1 aliphatic heterocycles. The van der Waals surface area contributed by atoms with Crippen LogP contribution in [-0.4, -0.2) is 34.9 Å². The largest absolute Gasteiger partial charge is 0.495 e. The van der Waals surface area contributed by atoms with Crippen LogP contribution in [0.15, 0.2) is 54.0 Å². The van der Waals surface area contributed by atoms with Crippen molar-refractivity contribution in [3.05, 3.63) is 70.1 Å². The van der Waals surface area contributed by atoms with Gasteiger partial charge in [-0.3, -0.25) is 4.79 Å². The van der Waals surface area contributed by atoms with Gasteiger partial charge in [-0.25, -0.2) is 4.68 Å². The van der Waals surface area contributed by atoms with Gasteiger partial charge in [-0.1, -0.05) is 49.7 Å². The summed E-state index contributed by atoms with van der Waals surface area (Å²) in [6.07, 6.45) is 1.47. The number of rotatable bonds is 6. The molecule has 2 aromatic carbocycles. The van der Waals surface area contributed by atoms with Gasteiger partial charge < -0.3 is 20.1 Å². The SMILES string of the molecule is COc1cc(NC(=O)C2=C(C)Nc3ncnn3[C@H]2c2ccc(C(C)C)cc2)c(OC)cc1Cl. The quantitative estimate of drug-likeness (QED) is 0.530. The van der Waals surface area contributed by atoms with E-state index in [9.17, 15) is 4.79 Å². The third kappa shape index (κ3) is 4.26. The zero-order chi connectivity index (χ0) is 23.7. The van der Waals surface area contributed by atoms with Crippen molar-refractivity contribution in [3.8, 4) is 11.5 Å². The van der Waals surface area contributed by atoms with Crippen LogP contribution in [0.3, 0.4) is 0 Å². The first kappa shape index (κ1) is 22.7. The molecule has 0 aliphatic carbocycles. The van der Waals surface area contributed by atoms with E-state index in [1.165, 1.54) is 26.1 Å². The van der Waals surface area contributed by atoms with Gasteiger partial charge >= 0.3 is 0 Å². The topological polar surface area (TPSA) is 90.3 Å². The monoisotopic (exact) mass is 467 g/mol. The number of allylic oxidation sites excluding steroid dienone is 1. The molecule has 0 radical (unpaired) electrons. The normalized spacial score (nSPS) is 15.2. The predicted octanol–water partition coefficient (Wildman–Crippen LogP) is 5.00. The van der Waals surface area contributed by atoms with E-state index in [0.29, 0.717) is 45.3 Å². The number of ether oxygens (including phenoxy) is 2. The van der Waals surface area contributed by atoms with Gasteiger partial charge in [0.25, 0.3) is 5.91 Å². The molecule has 1 amide bonds. The minimum Gasteiger partial charge on any atom is -0.495 e. The average Bonchev–Trinajstić information content (AvgIpc) is 3.26. The van der Waals surface area contributed by atoms with Gasteiger partial charge in [-0.15, -0.1) is 0 Å². The minimum atomic E-state index is -0.454. The van der Waals surface area contributed by atoms with Gasteiger partial charge in [0, 0.05) is 17.8 Å². The lowest BCUT2D eigenvalue weighted by Gasteiger charge is -2.29. The van der Waals surface area contributed by atoms with Crippen molar-refractivity contribution in [1.82, 2.24) is 14.8 Å². The lowest BCUT2D eigenvalue weighted by molar-refractivity contribution is -0.113. The Labute approximate surface area is 197 Å². The maximum Gasteiger partial charge on any atom is 0.255 e. The number of carbonyl (C=O) groups excluding carboxylic acids is 1. The van der Waals surface area contributed by atoms with Crippen molar-refractivity contribution in [3.63, 3.8) is 0 Å². The second-order valence-electron chi connectivity index (χ2n) is 8.06. The first-order valence-electron chi connectivity index (χ1n) is 10.5. The van der Waals surface area contributed by atoms with E-state index in [-0.39, 0.29) is 5.91 Å². The number of fused-ring (bicyclic) bond motifs is 1. The lowest BCUT2D eigenvalue weighted by Crippen LogP contribution is -2.31. The highest BCUT2D eigenvalue weighted by atomic mass is 35.5. The van der Waals surface area contributed by atoms with Crippen LogP contribution in [0.25, 0.3) is 0 Å². The van der Waals surface area contributed by atoms with Crippen molar-refractivity contribution >= 4 is 29.1 Å². The molecule has 0 saturated heterocycles. The third-order valence-corrected chi connectivity index (χ3v) is 5.98. The van der Waals surface area contributed by atoms with E-state index in [2.05, 4.69) is 46.7 Å². The molecule has 1 aromatic heterocycles. The van der Waals surface area contributed by atoms with Crippen LogP contribution in [0.1, 0.15) is 43.9 Å². The third-order valence-electron chi connectivity index (χ3n) is 5.68.